The lowest BCUT2D eigenvalue weighted by atomic mass is 9.69. The lowest BCUT2D eigenvalue weighted by Crippen LogP contribution is -2.60. The fourth-order valence-corrected chi connectivity index (χ4v) is 4.93. The van der Waals surface area contributed by atoms with E-state index in [1.807, 2.05) is 0 Å². The quantitative estimate of drug-likeness (QED) is 0.793. The first kappa shape index (κ1) is 17.3. The van der Waals surface area contributed by atoms with Crippen molar-refractivity contribution in [2.24, 2.45) is 5.92 Å². The number of piperidine rings is 2. The SMILES string of the molecule is CC(C)N1CC[C@](O)(C#CCN2CCCCC2)[C@H]2CCCC[C@@H]21. The Hall–Kier alpha value is -0.560. The van der Waals surface area contributed by atoms with Crippen molar-refractivity contribution in [2.45, 2.75) is 82.9 Å². The molecule has 0 spiro atoms. The molecule has 3 rings (SSSR count). The van der Waals surface area contributed by atoms with Crippen molar-refractivity contribution in [2.75, 3.05) is 26.2 Å². The average molecular weight is 319 g/mol. The van der Waals surface area contributed by atoms with Crippen molar-refractivity contribution >= 4 is 0 Å². The van der Waals surface area contributed by atoms with Gasteiger partial charge in [0.25, 0.3) is 0 Å². The number of hydrogen-bond donors (Lipinski definition) is 1. The second-order valence-electron chi connectivity index (χ2n) is 8.10. The number of aliphatic hydroxyl groups is 1. The normalized spacial score (nSPS) is 36.3. The summed E-state index contributed by atoms with van der Waals surface area (Å²) >= 11 is 0. The molecule has 130 valence electrons. The molecule has 0 aromatic rings. The van der Waals surface area contributed by atoms with Gasteiger partial charge in [-0.25, -0.2) is 0 Å². The summed E-state index contributed by atoms with van der Waals surface area (Å²) in [6.45, 7) is 8.78. The number of nitrogens with zero attached hydrogens (tertiary/aromatic N) is 2. The lowest BCUT2D eigenvalue weighted by molar-refractivity contribution is -0.0871. The Morgan fingerprint density at radius 1 is 1.04 bits per heavy atom. The fraction of sp³-hybridized carbons (Fsp3) is 0.900. The first-order valence-corrected chi connectivity index (χ1v) is 9.81. The van der Waals surface area contributed by atoms with E-state index >= 15 is 0 Å². The highest BCUT2D eigenvalue weighted by Crippen LogP contribution is 2.41. The summed E-state index contributed by atoms with van der Waals surface area (Å²) in [5.41, 5.74) is -0.744. The van der Waals surface area contributed by atoms with E-state index in [9.17, 15) is 5.11 Å². The molecule has 3 aliphatic rings. The Bertz CT molecular complexity index is 446. The standard InChI is InChI=1S/C20H34N2O/c1-17(2)22-16-12-20(23,18-9-4-5-10-19(18)22)11-8-15-21-13-6-3-7-14-21/h17-19,23H,3-7,9-10,12-16H2,1-2H3/t18-,19-,20+/m0/s1. The highest BCUT2D eigenvalue weighted by atomic mass is 16.3. The third-order valence-corrected chi connectivity index (χ3v) is 6.24. The summed E-state index contributed by atoms with van der Waals surface area (Å²) in [4.78, 5) is 5.06. The van der Waals surface area contributed by atoms with Crippen LogP contribution >= 0.6 is 0 Å². The highest BCUT2D eigenvalue weighted by molar-refractivity contribution is 5.21. The Morgan fingerprint density at radius 2 is 1.78 bits per heavy atom. The second kappa shape index (κ2) is 7.55. The summed E-state index contributed by atoms with van der Waals surface area (Å²) in [5, 5.41) is 11.3. The van der Waals surface area contributed by atoms with Gasteiger partial charge in [-0.05, 0) is 52.6 Å². The predicted octanol–water partition coefficient (Wildman–Crippen LogP) is 2.88. The molecule has 2 saturated heterocycles. The van der Waals surface area contributed by atoms with Gasteiger partial charge in [0.2, 0.25) is 0 Å². The maximum atomic E-state index is 11.3. The Balaban J connectivity index is 1.67. The topological polar surface area (TPSA) is 26.7 Å². The van der Waals surface area contributed by atoms with Crippen molar-refractivity contribution in [1.82, 2.24) is 9.80 Å². The van der Waals surface area contributed by atoms with Gasteiger partial charge in [-0.3, -0.25) is 9.80 Å². The van der Waals surface area contributed by atoms with Crippen LogP contribution in [0.4, 0.5) is 0 Å². The van der Waals surface area contributed by atoms with Crippen LogP contribution in [-0.2, 0) is 0 Å². The molecular formula is C20H34N2O. The van der Waals surface area contributed by atoms with E-state index in [1.54, 1.807) is 0 Å². The van der Waals surface area contributed by atoms with Crippen LogP contribution < -0.4 is 0 Å². The predicted molar refractivity (Wildman–Crippen MR) is 95.2 cm³/mol. The van der Waals surface area contributed by atoms with Crippen molar-refractivity contribution in [1.29, 1.82) is 0 Å². The third kappa shape index (κ3) is 3.92. The van der Waals surface area contributed by atoms with Gasteiger partial charge in [0.1, 0.15) is 5.60 Å². The average Bonchev–Trinajstić information content (AvgIpc) is 2.56. The molecule has 0 amide bonds. The van der Waals surface area contributed by atoms with E-state index in [0.29, 0.717) is 18.0 Å². The largest absolute Gasteiger partial charge is 0.377 e. The molecule has 3 fully saturated rings. The zero-order valence-corrected chi connectivity index (χ0v) is 15.1. The number of fused-ring (bicyclic) bond motifs is 1. The van der Waals surface area contributed by atoms with Gasteiger partial charge in [0, 0.05) is 31.0 Å². The summed E-state index contributed by atoms with van der Waals surface area (Å²) in [5.74, 6) is 7.04. The minimum absolute atomic E-state index is 0.348. The van der Waals surface area contributed by atoms with Gasteiger partial charge in [0.15, 0.2) is 0 Å². The maximum absolute atomic E-state index is 11.3. The Kier molecular flexibility index (Phi) is 5.67. The molecule has 3 heteroatoms. The van der Waals surface area contributed by atoms with Crippen molar-refractivity contribution in [3.8, 4) is 11.8 Å². The molecule has 23 heavy (non-hydrogen) atoms. The van der Waals surface area contributed by atoms with Gasteiger partial charge in [-0.15, -0.1) is 0 Å². The summed E-state index contributed by atoms with van der Waals surface area (Å²) in [7, 11) is 0. The minimum atomic E-state index is -0.744. The van der Waals surface area contributed by atoms with Gasteiger partial charge in [-0.2, -0.15) is 0 Å². The van der Waals surface area contributed by atoms with Crippen molar-refractivity contribution < 1.29 is 5.11 Å². The molecule has 1 N–H and O–H groups in total. The molecule has 3 atom stereocenters. The van der Waals surface area contributed by atoms with Crippen LogP contribution in [0.3, 0.4) is 0 Å². The van der Waals surface area contributed by atoms with Crippen LogP contribution in [0.2, 0.25) is 0 Å². The molecule has 3 nitrogen and oxygen atoms in total. The van der Waals surface area contributed by atoms with E-state index in [4.69, 9.17) is 0 Å². The van der Waals surface area contributed by atoms with E-state index < -0.39 is 5.60 Å². The summed E-state index contributed by atoms with van der Waals surface area (Å²) in [6, 6.07) is 1.11. The minimum Gasteiger partial charge on any atom is -0.377 e. The zero-order chi connectivity index (χ0) is 16.3. The van der Waals surface area contributed by atoms with Crippen LogP contribution in [0, 0.1) is 17.8 Å². The van der Waals surface area contributed by atoms with Crippen molar-refractivity contribution in [3.05, 3.63) is 0 Å². The molecule has 1 saturated carbocycles. The van der Waals surface area contributed by atoms with Crippen LogP contribution in [-0.4, -0.2) is 58.8 Å². The van der Waals surface area contributed by atoms with E-state index in [-0.39, 0.29) is 0 Å². The summed E-state index contributed by atoms with van der Waals surface area (Å²) < 4.78 is 0. The monoisotopic (exact) mass is 318 g/mol. The van der Waals surface area contributed by atoms with Gasteiger partial charge < -0.3 is 5.11 Å². The molecule has 1 aliphatic carbocycles. The number of likely N-dealkylation sites (tertiary alicyclic amines) is 2. The van der Waals surface area contributed by atoms with E-state index in [2.05, 4.69) is 35.5 Å². The van der Waals surface area contributed by atoms with Crippen LogP contribution in [0.15, 0.2) is 0 Å². The van der Waals surface area contributed by atoms with Crippen LogP contribution in [0.25, 0.3) is 0 Å². The molecular weight excluding hydrogens is 284 g/mol. The van der Waals surface area contributed by atoms with Gasteiger partial charge >= 0.3 is 0 Å². The molecule has 2 heterocycles. The molecule has 0 aromatic carbocycles. The molecule has 0 unspecified atom stereocenters. The fourth-order valence-electron chi connectivity index (χ4n) is 4.93. The van der Waals surface area contributed by atoms with Crippen molar-refractivity contribution in [3.63, 3.8) is 0 Å². The highest BCUT2D eigenvalue weighted by Gasteiger charge is 2.47. The summed E-state index contributed by atoms with van der Waals surface area (Å²) in [6.07, 6.45) is 9.73. The van der Waals surface area contributed by atoms with Gasteiger partial charge in [0.05, 0.1) is 6.54 Å². The first-order valence-electron chi connectivity index (χ1n) is 9.81. The van der Waals surface area contributed by atoms with E-state index in [1.165, 1.54) is 51.6 Å². The Labute approximate surface area is 142 Å². The molecule has 0 aromatic heterocycles. The van der Waals surface area contributed by atoms with Crippen LogP contribution in [0.5, 0.6) is 0 Å². The van der Waals surface area contributed by atoms with E-state index in [0.717, 1.165) is 25.9 Å². The third-order valence-electron chi connectivity index (χ3n) is 6.24. The van der Waals surface area contributed by atoms with Gasteiger partial charge in [-0.1, -0.05) is 31.1 Å². The second-order valence-corrected chi connectivity index (χ2v) is 8.10. The lowest BCUT2D eigenvalue weighted by Gasteiger charge is -2.52. The first-order chi connectivity index (χ1) is 11.1. The smallest absolute Gasteiger partial charge is 0.131 e. The zero-order valence-electron chi connectivity index (χ0n) is 15.1. The Morgan fingerprint density at radius 3 is 2.52 bits per heavy atom. The molecule has 2 aliphatic heterocycles. The number of hydrogen-bond acceptors (Lipinski definition) is 3. The number of rotatable bonds is 2. The molecule has 0 radical (unpaired) electrons. The van der Waals surface area contributed by atoms with Crippen LogP contribution in [0.1, 0.15) is 65.2 Å². The molecule has 0 bridgehead atoms. The maximum Gasteiger partial charge on any atom is 0.131 e.